The highest BCUT2D eigenvalue weighted by molar-refractivity contribution is 9.09. The Bertz CT molecular complexity index is 569. The number of amides is 1. The first-order valence-corrected chi connectivity index (χ1v) is 7.87. The Labute approximate surface area is 135 Å². The largest absolute Gasteiger partial charge is 0.371 e. The number of hydrogen-bond acceptors (Lipinski definition) is 4. The van der Waals surface area contributed by atoms with Crippen LogP contribution in [0.2, 0.25) is 5.02 Å². The van der Waals surface area contributed by atoms with Crippen LogP contribution < -0.4 is 0 Å². The third-order valence-corrected chi connectivity index (χ3v) is 4.13. The summed E-state index contributed by atoms with van der Waals surface area (Å²) in [6.07, 6.45) is -0.235. The van der Waals surface area contributed by atoms with Crippen molar-refractivity contribution < 1.29 is 14.5 Å². The molecule has 21 heavy (non-hydrogen) atoms. The van der Waals surface area contributed by atoms with Crippen molar-refractivity contribution in [2.45, 2.75) is 19.1 Å². The summed E-state index contributed by atoms with van der Waals surface area (Å²) in [4.78, 5) is 24.6. The quantitative estimate of drug-likeness (QED) is 0.461. The van der Waals surface area contributed by atoms with Gasteiger partial charge in [-0.25, -0.2) is 0 Å². The summed E-state index contributed by atoms with van der Waals surface area (Å²) in [5.41, 5.74) is -0.228. The van der Waals surface area contributed by atoms with Crippen LogP contribution in [0.1, 0.15) is 17.3 Å². The molecular formula is C13H14BrClN2O4. The van der Waals surface area contributed by atoms with Gasteiger partial charge in [-0.1, -0.05) is 27.5 Å². The topological polar surface area (TPSA) is 72.7 Å². The van der Waals surface area contributed by atoms with Gasteiger partial charge >= 0.3 is 0 Å². The van der Waals surface area contributed by atoms with Gasteiger partial charge in [-0.2, -0.15) is 0 Å². The van der Waals surface area contributed by atoms with Gasteiger partial charge < -0.3 is 9.64 Å². The Kier molecular flexibility index (Phi) is 5.18. The molecule has 1 aliphatic heterocycles. The minimum atomic E-state index is -0.592. The molecule has 2 atom stereocenters. The van der Waals surface area contributed by atoms with Crippen molar-refractivity contribution >= 4 is 39.1 Å². The SMILES string of the molecule is CC1CN(C(=O)c2ccc(Cl)cc2[N+](=O)[O-])CC(CBr)O1. The van der Waals surface area contributed by atoms with Gasteiger partial charge in [0.2, 0.25) is 0 Å². The third kappa shape index (κ3) is 3.72. The number of rotatable bonds is 3. The fraction of sp³-hybridized carbons (Fsp3) is 0.462. The van der Waals surface area contributed by atoms with Crippen LogP contribution in [0.15, 0.2) is 18.2 Å². The number of alkyl halides is 1. The molecule has 1 aromatic carbocycles. The van der Waals surface area contributed by atoms with Crippen LogP contribution in [0.3, 0.4) is 0 Å². The predicted octanol–water partition coefficient (Wildman–Crippen LogP) is 2.87. The summed E-state index contributed by atoms with van der Waals surface area (Å²) in [5.74, 6) is -0.375. The van der Waals surface area contributed by atoms with Crippen molar-refractivity contribution in [3.8, 4) is 0 Å². The lowest BCUT2D eigenvalue weighted by molar-refractivity contribution is -0.385. The zero-order chi connectivity index (χ0) is 15.6. The Morgan fingerprint density at radius 1 is 1.57 bits per heavy atom. The number of ether oxygens (including phenoxy) is 1. The molecule has 1 aliphatic rings. The molecule has 1 saturated heterocycles. The van der Waals surface area contributed by atoms with E-state index in [-0.39, 0.29) is 34.4 Å². The average molecular weight is 378 g/mol. The second-order valence-electron chi connectivity index (χ2n) is 4.85. The van der Waals surface area contributed by atoms with E-state index in [0.717, 1.165) is 0 Å². The van der Waals surface area contributed by atoms with Crippen molar-refractivity contribution in [1.29, 1.82) is 0 Å². The highest BCUT2D eigenvalue weighted by atomic mass is 79.9. The fourth-order valence-electron chi connectivity index (χ4n) is 2.30. The van der Waals surface area contributed by atoms with Gasteiger partial charge in [0.25, 0.3) is 11.6 Å². The summed E-state index contributed by atoms with van der Waals surface area (Å²) < 4.78 is 5.65. The molecule has 2 unspecified atom stereocenters. The number of nitro benzene ring substituents is 1. The average Bonchev–Trinajstić information content (AvgIpc) is 2.45. The van der Waals surface area contributed by atoms with E-state index in [0.29, 0.717) is 18.4 Å². The summed E-state index contributed by atoms with van der Waals surface area (Å²) in [6.45, 7) is 2.67. The number of hydrogen-bond donors (Lipinski definition) is 0. The lowest BCUT2D eigenvalue weighted by atomic mass is 10.1. The molecule has 8 heteroatoms. The summed E-state index contributed by atoms with van der Waals surface area (Å²) in [6, 6.07) is 4.07. The van der Waals surface area contributed by atoms with Gasteiger partial charge in [-0.05, 0) is 19.1 Å². The maximum absolute atomic E-state index is 12.6. The second-order valence-corrected chi connectivity index (χ2v) is 5.94. The van der Waals surface area contributed by atoms with Crippen molar-refractivity contribution in [3.05, 3.63) is 38.9 Å². The predicted molar refractivity (Wildman–Crippen MR) is 82.1 cm³/mol. The monoisotopic (exact) mass is 376 g/mol. The van der Waals surface area contributed by atoms with Crippen molar-refractivity contribution in [2.24, 2.45) is 0 Å². The molecule has 0 spiro atoms. The molecule has 0 radical (unpaired) electrons. The van der Waals surface area contributed by atoms with E-state index in [2.05, 4.69) is 15.9 Å². The number of halogens is 2. The number of carbonyl (C=O) groups excluding carboxylic acids is 1. The summed E-state index contributed by atoms with van der Waals surface area (Å²) >= 11 is 9.09. The molecule has 0 bridgehead atoms. The van der Waals surface area contributed by atoms with Gasteiger partial charge in [0.1, 0.15) is 5.56 Å². The van der Waals surface area contributed by atoms with E-state index in [9.17, 15) is 14.9 Å². The normalized spacial score (nSPS) is 22.1. The molecule has 0 N–H and O–H groups in total. The molecule has 0 aliphatic carbocycles. The highest BCUT2D eigenvalue weighted by Gasteiger charge is 2.31. The van der Waals surface area contributed by atoms with Crippen LogP contribution in [0.5, 0.6) is 0 Å². The van der Waals surface area contributed by atoms with Gasteiger partial charge in [0, 0.05) is 29.5 Å². The molecular weight excluding hydrogens is 364 g/mol. The highest BCUT2D eigenvalue weighted by Crippen LogP contribution is 2.26. The van der Waals surface area contributed by atoms with Crippen LogP contribution in [-0.2, 0) is 4.74 Å². The number of nitrogens with zero attached hydrogens (tertiary/aromatic N) is 2. The van der Waals surface area contributed by atoms with E-state index in [1.165, 1.54) is 18.2 Å². The van der Waals surface area contributed by atoms with Gasteiger partial charge in [0.15, 0.2) is 0 Å². The molecule has 114 valence electrons. The smallest absolute Gasteiger partial charge is 0.283 e. The lowest BCUT2D eigenvalue weighted by Gasteiger charge is -2.36. The minimum Gasteiger partial charge on any atom is -0.371 e. The first-order chi connectivity index (χ1) is 9.92. The number of benzene rings is 1. The molecule has 1 aromatic rings. The summed E-state index contributed by atoms with van der Waals surface area (Å²) in [5, 5.41) is 11.9. The molecule has 1 amide bonds. The minimum absolute atomic E-state index is 0.0480. The van der Waals surface area contributed by atoms with Crippen LogP contribution in [0.4, 0.5) is 5.69 Å². The third-order valence-electron chi connectivity index (χ3n) is 3.17. The van der Waals surface area contributed by atoms with Crippen LogP contribution in [0, 0.1) is 10.1 Å². The molecule has 1 heterocycles. The zero-order valence-corrected chi connectivity index (χ0v) is 13.6. The standard InChI is InChI=1S/C13H14BrClN2O4/c1-8-6-16(7-10(5-14)21-8)13(18)11-3-2-9(15)4-12(11)17(19)20/h2-4,8,10H,5-7H2,1H3. The van der Waals surface area contributed by atoms with E-state index in [1.807, 2.05) is 6.92 Å². The van der Waals surface area contributed by atoms with E-state index < -0.39 is 4.92 Å². The molecule has 0 aromatic heterocycles. The summed E-state index contributed by atoms with van der Waals surface area (Å²) in [7, 11) is 0. The maximum atomic E-state index is 12.6. The van der Waals surface area contributed by atoms with Crippen molar-refractivity contribution in [3.63, 3.8) is 0 Å². The van der Waals surface area contributed by atoms with E-state index in [4.69, 9.17) is 16.3 Å². The first kappa shape index (κ1) is 16.2. The van der Waals surface area contributed by atoms with Crippen LogP contribution >= 0.6 is 27.5 Å². The van der Waals surface area contributed by atoms with E-state index >= 15 is 0 Å². The molecule has 2 rings (SSSR count). The lowest BCUT2D eigenvalue weighted by Crippen LogP contribution is -2.49. The first-order valence-electron chi connectivity index (χ1n) is 6.37. The van der Waals surface area contributed by atoms with Gasteiger partial charge in [0.05, 0.1) is 17.1 Å². The Balaban J connectivity index is 2.29. The molecule has 1 fully saturated rings. The molecule has 6 nitrogen and oxygen atoms in total. The Hall–Kier alpha value is -1.18. The number of nitro groups is 1. The zero-order valence-electron chi connectivity index (χ0n) is 11.3. The molecule has 0 saturated carbocycles. The Morgan fingerprint density at radius 3 is 2.90 bits per heavy atom. The maximum Gasteiger partial charge on any atom is 0.283 e. The van der Waals surface area contributed by atoms with Gasteiger partial charge in [-0.3, -0.25) is 14.9 Å². The number of carbonyl (C=O) groups is 1. The Morgan fingerprint density at radius 2 is 2.29 bits per heavy atom. The van der Waals surface area contributed by atoms with Crippen LogP contribution in [0.25, 0.3) is 0 Å². The van der Waals surface area contributed by atoms with E-state index in [1.54, 1.807) is 4.90 Å². The van der Waals surface area contributed by atoms with Crippen molar-refractivity contribution in [2.75, 3.05) is 18.4 Å². The van der Waals surface area contributed by atoms with Crippen molar-refractivity contribution in [1.82, 2.24) is 4.90 Å². The van der Waals surface area contributed by atoms with Gasteiger partial charge in [-0.15, -0.1) is 0 Å². The second kappa shape index (κ2) is 6.72. The van der Waals surface area contributed by atoms with Crippen LogP contribution in [-0.4, -0.2) is 46.4 Å². The fourth-order valence-corrected chi connectivity index (χ4v) is 2.83. The number of morpholine rings is 1.